The number of rotatable bonds is 1. The van der Waals surface area contributed by atoms with Gasteiger partial charge in [0.1, 0.15) is 5.75 Å². The predicted octanol–water partition coefficient (Wildman–Crippen LogP) is 1.64. The molecular weight excluding hydrogens is 182 g/mol. The molecule has 2 rings (SSSR count). The number of aromatic carboxylic acids is 1. The number of hydrogen-bond acceptors (Lipinski definition) is 3. The Labute approximate surface area is 79.4 Å². The van der Waals surface area contributed by atoms with Crippen LogP contribution in [-0.4, -0.2) is 21.2 Å². The van der Waals surface area contributed by atoms with Gasteiger partial charge in [0.15, 0.2) is 5.69 Å². The normalized spacial score (nSPS) is 10.3. The number of carboxylic acid groups (broad SMARTS) is 1. The summed E-state index contributed by atoms with van der Waals surface area (Å²) in [5, 5.41) is 19.2. The van der Waals surface area contributed by atoms with Crippen LogP contribution in [-0.2, 0) is 0 Å². The van der Waals surface area contributed by atoms with Gasteiger partial charge in [-0.1, -0.05) is 24.3 Å². The van der Waals surface area contributed by atoms with Crippen LogP contribution in [0, 0.1) is 0 Å². The minimum Gasteiger partial charge on any atom is -0.506 e. The Balaban J connectivity index is 2.88. The van der Waals surface area contributed by atoms with Crippen LogP contribution in [0.25, 0.3) is 10.8 Å². The first-order chi connectivity index (χ1) is 6.70. The van der Waals surface area contributed by atoms with Gasteiger partial charge in [0.05, 0.1) is 6.20 Å². The molecule has 0 amide bonds. The van der Waals surface area contributed by atoms with Crippen molar-refractivity contribution in [3.63, 3.8) is 0 Å². The van der Waals surface area contributed by atoms with Gasteiger partial charge in [0.25, 0.3) is 0 Å². The maximum Gasteiger partial charge on any atom is 0.355 e. The summed E-state index contributed by atoms with van der Waals surface area (Å²) >= 11 is 0. The third-order valence-corrected chi connectivity index (χ3v) is 1.98. The lowest BCUT2D eigenvalue weighted by atomic mass is 10.1. The Kier molecular flexibility index (Phi) is 1.81. The topological polar surface area (TPSA) is 70.4 Å². The monoisotopic (exact) mass is 189 g/mol. The largest absolute Gasteiger partial charge is 0.506 e. The average molecular weight is 189 g/mol. The van der Waals surface area contributed by atoms with E-state index >= 15 is 0 Å². The Morgan fingerprint density at radius 1 is 1.21 bits per heavy atom. The van der Waals surface area contributed by atoms with Crippen molar-refractivity contribution in [2.24, 2.45) is 0 Å². The minimum absolute atomic E-state index is 0.00870. The van der Waals surface area contributed by atoms with Crippen molar-refractivity contribution in [3.8, 4) is 5.75 Å². The molecule has 0 unspecified atom stereocenters. The van der Waals surface area contributed by atoms with Crippen molar-refractivity contribution < 1.29 is 15.0 Å². The highest BCUT2D eigenvalue weighted by Gasteiger charge is 2.11. The molecule has 1 aromatic carbocycles. The SMILES string of the molecule is O=C(O)c1ncc(O)c2ccccc12. The van der Waals surface area contributed by atoms with E-state index in [0.29, 0.717) is 10.8 Å². The molecular formula is C10H7NO3. The minimum atomic E-state index is -1.10. The molecule has 1 heterocycles. The zero-order valence-electron chi connectivity index (χ0n) is 7.14. The van der Waals surface area contributed by atoms with E-state index in [0.717, 1.165) is 6.20 Å². The second-order valence-corrected chi connectivity index (χ2v) is 2.84. The van der Waals surface area contributed by atoms with Crippen molar-refractivity contribution >= 4 is 16.7 Å². The van der Waals surface area contributed by atoms with Gasteiger partial charge < -0.3 is 10.2 Å². The number of aromatic hydroxyl groups is 1. The number of carboxylic acids is 1. The summed E-state index contributed by atoms with van der Waals surface area (Å²) in [4.78, 5) is 14.4. The summed E-state index contributed by atoms with van der Waals surface area (Å²) in [5.74, 6) is -1.10. The van der Waals surface area contributed by atoms with E-state index in [-0.39, 0.29) is 11.4 Å². The summed E-state index contributed by atoms with van der Waals surface area (Å²) in [5.41, 5.74) is -0.0431. The highest BCUT2D eigenvalue weighted by atomic mass is 16.4. The Hall–Kier alpha value is -2.10. The van der Waals surface area contributed by atoms with E-state index in [1.807, 2.05) is 0 Å². The first kappa shape index (κ1) is 8.50. The van der Waals surface area contributed by atoms with Crippen LogP contribution in [0.5, 0.6) is 5.75 Å². The average Bonchev–Trinajstić information content (AvgIpc) is 2.18. The maximum absolute atomic E-state index is 10.8. The summed E-state index contributed by atoms with van der Waals surface area (Å²) in [7, 11) is 0. The van der Waals surface area contributed by atoms with Crippen LogP contribution in [0.1, 0.15) is 10.5 Å². The number of aromatic nitrogens is 1. The van der Waals surface area contributed by atoms with Crippen molar-refractivity contribution in [1.82, 2.24) is 4.98 Å². The fourth-order valence-electron chi connectivity index (χ4n) is 1.35. The van der Waals surface area contributed by atoms with Crippen molar-refractivity contribution in [2.75, 3.05) is 0 Å². The second kappa shape index (κ2) is 2.99. The molecule has 0 aliphatic heterocycles. The lowest BCUT2D eigenvalue weighted by molar-refractivity contribution is 0.0693. The van der Waals surface area contributed by atoms with Crippen LogP contribution in [0.3, 0.4) is 0 Å². The molecule has 4 heteroatoms. The smallest absolute Gasteiger partial charge is 0.355 e. The van der Waals surface area contributed by atoms with Crippen LogP contribution in [0.15, 0.2) is 30.5 Å². The van der Waals surface area contributed by atoms with E-state index in [4.69, 9.17) is 5.11 Å². The molecule has 0 saturated carbocycles. The molecule has 4 nitrogen and oxygen atoms in total. The van der Waals surface area contributed by atoms with Gasteiger partial charge in [-0.3, -0.25) is 0 Å². The number of pyridine rings is 1. The standard InChI is InChI=1S/C10H7NO3/c12-8-5-11-9(10(13)14)7-4-2-1-3-6(7)8/h1-5,12H,(H,13,14). The Morgan fingerprint density at radius 3 is 2.50 bits per heavy atom. The molecule has 0 atom stereocenters. The Morgan fingerprint density at radius 2 is 1.86 bits per heavy atom. The molecule has 2 N–H and O–H groups in total. The van der Waals surface area contributed by atoms with Crippen LogP contribution >= 0.6 is 0 Å². The maximum atomic E-state index is 10.8. The van der Waals surface area contributed by atoms with E-state index in [1.54, 1.807) is 24.3 Å². The number of fused-ring (bicyclic) bond motifs is 1. The fourth-order valence-corrected chi connectivity index (χ4v) is 1.35. The molecule has 0 fully saturated rings. The molecule has 0 bridgehead atoms. The molecule has 0 aliphatic carbocycles. The van der Waals surface area contributed by atoms with Crippen molar-refractivity contribution in [1.29, 1.82) is 0 Å². The zero-order chi connectivity index (χ0) is 10.1. The van der Waals surface area contributed by atoms with Crippen molar-refractivity contribution in [3.05, 3.63) is 36.2 Å². The van der Waals surface area contributed by atoms with Gasteiger partial charge in [0.2, 0.25) is 0 Å². The first-order valence-corrected chi connectivity index (χ1v) is 4.00. The van der Waals surface area contributed by atoms with E-state index < -0.39 is 5.97 Å². The van der Waals surface area contributed by atoms with Gasteiger partial charge in [-0.2, -0.15) is 0 Å². The fraction of sp³-hybridized carbons (Fsp3) is 0. The highest BCUT2D eigenvalue weighted by molar-refractivity contribution is 6.03. The third-order valence-electron chi connectivity index (χ3n) is 1.98. The summed E-state index contributed by atoms with van der Waals surface area (Å²) in [6, 6.07) is 6.70. The quantitative estimate of drug-likeness (QED) is 0.715. The van der Waals surface area contributed by atoms with Gasteiger partial charge >= 0.3 is 5.97 Å². The molecule has 1 aromatic heterocycles. The summed E-state index contributed by atoms with van der Waals surface area (Å²) < 4.78 is 0. The lowest BCUT2D eigenvalue weighted by Crippen LogP contribution is -2.00. The molecule has 70 valence electrons. The summed E-state index contributed by atoms with van der Waals surface area (Å²) in [6.07, 6.45) is 1.14. The molecule has 0 radical (unpaired) electrons. The van der Waals surface area contributed by atoms with Gasteiger partial charge in [-0.05, 0) is 0 Å². The predicted molar refractivity (Wildman–Crippen MR) is 50.4 cm³/mol. The Bertz CT molecular complexity index is 508. The molecule has 14 heavy (non-hydrogen) atoms. The number of benzene rings is 1. The molecule has 0 aliphatic rings. The van der Waals surface area contributed by atoms with Crippen LogP contribution in [0.2, 0.25) is 0 Å². The van der Waals surface area contributed by atoms with Gasteiger partial charge in [-0.15, -0.1) is 0 Å². The highest BCUT2D eigenvalue weighted by Crippen LogP contribution is 2.25. The molecule has 0 saturated heterocycles. The molecule has 0 spiro atoms. The molecule has 2 aromatic rings. The van der Waals surface area contributed by atoms with Gasteiger partial charge in [0, 0.05) is 10.8 Å². The first-order valence-electron chi connectivity index (χ1n) is 4.00. The number of nitrogens with zero attached hydrogens (tertiary/aromatic N) is 1. The van der Waals surface area contributed by atoms with Crippen LogP contribution in [0.4, 0.5) is 0 Å². The number of hydrogen-bond donors (Lipinski definition) is 2. The third kappa shape index (κ3) is 1.17. The van der Waals surface area contributed by atoms with Crippen molar-refractivity contribution in [2.45, 2.75) is 0 Å². The van der Waals surface area contributed by atoms with E-state index in [9.17, 15) is 9.90 Å². The zero-order valence-corrected chi connectivity index (χ0v) is 7.14. The summed E-state index contributed by atoms with van der Waals surface area (Å²) in [6.45, 7) is 0. The lowest BCUT2D eigenvalue weighted by Gasteiger charge is -2.02. The van der Waals surface area contributed by atoms with Gasteiger partial charge in [-0.25, -0.2) is 9.78 Å². The second-order valence-electron chi connectivity index (χ2n) is 2.84. The van der Waals surface area contributed by atoms with Crippen LogP contribution < -0.4 is 0 Å². The number of carbonyl (C=O) groups is 1. The van der Waals surface area contributed by atoms with E-state index in [1.165, 1.54) is 0 Å². The van der Waals surface area contributed by atoms with E-state index in [2.05, 4.69) is 4.98 Å².